The Bertz CT molecular complexity index is 64.2. The Morgan fingerprint density at radius 2 is 0.600 bits per heavy atom. The van der Waals surface area contributed by atoms with E-state index in [1.165, 1.54) is 6.42 Å². The minimum atomic E-state index is 1.25. The van der Waals surface area contributed by atoms with Gasteiger partial charge in [0.15, 0.2) is 0 Å². The summed E-state index contributed by atoms with van der Waals surface area (Å²) in [5.74, 6) is 0. The van der Waals surface area contributed by atoms with Crippen molar-refractivity contribution in [3.05, 3.63) is 50.6 Å². The highest BCUT2D eigenvalue weighted by molar-refractivity contribution is 4.52. The summed E-state index contributed by atoms with van der Waals surface area (Å²) in [7, 11) is 0. The van der Waals surface area contributed by atoms with Gasteiger partial charge in [-0.2, -0.15) is 0 Å². The Morgan fingerprint density at radius 1 is 0.600 bits per heavy atom. The van der Waals surface area contributed by atoms with Gasteiger partial charge in [-0.25, -0.2) is 0 Å². The minimum Gasteiger partial charge on any atom is -0.103 e. The monoisotopic (exact) mass is 212 g/mol. The molecule has 0 heterocycles. The van der Waals surface area contributed by atoms with Gasteiger partial charge in [0.05, 0.1) is 0 Å². The molecule has 0 atom stereocenters. The summed E-state index contributed by atoms with van der Waals surface area (Å²) in [4.78, 5) is 0. The van der Waals surface area contributed by atoms with Crippen molar-refractivity contribution in [1.29, 1.82) is 0 Å². The van der Waals surface area contributed by atoms with Crippen LogP contribution in [0, 0.1) is 0 Å². The summed E-state index contributed by atoms with van der Waals surface area (Å²) in [6.07, 6.45) is 8.25. The number of hydrogen-bond acceptors (Lipinski definition) is 0. The smallest absolute Gasteiger partial charge is 0.0473 e. The zero-order chi connectivity index (χ0) is 13.5. The molecule has 0 N–H and O–H groups in total. The first-order valence-corrected chi connectivity index (χ1v) is 5.36. The molecule has 0 aliphatic rings. The SMILES string of the molecule is C=CC.C=CC.C=CC.C=CC.CCC. The second-order valence-corrected chi connectivity index (χ2v) is 2.34. The predicted molar refractivity (Wildman–Crippen MR) is 79.4 cm³/mol. The predicted octanol–water partition coefficient (Wildman–Crippen LogP) is 6.19. The molecule has 0 aliphatic heterocycles. The van der Waals surface area contributed by atoms with E-state index < -0.39 is 0 Å². The zero-order valence-electron chi connectivity index (χ0n) is 11.8. The molecule has 0 rings (SSSR count). The van der Waals surface area contributed by atoms with Crippen molar-refractivity contribution in [2.24, 2.45) is 0 Å². The molecule has 0 unspecified atom stereocenters. The molecule has 0 aromatic heterocycles. The first-order valence-electron chi connectivity index (χ1n) is 5.36. The average molecular weight is 212 g/mol. The van der Waals surface area contributed by atoms with Crippen molar-refractivity contribution in [1.82, 2.24) is 0 Å². The van der Waals surface area contributed by atoms with Crippen LogP contribution in [0.4, 0.5) is 0 Å². The van der Waals surface area contributed by atoms with Gasteiger partial charge in [-0.15, -0.1) is 26.3 Å². The number of hydrogen-bond donors (Lipinski definition) is 0. The molecule has 0 aromatic carbocycles. The number of rotatable bonds is 0. The van der Waals surface area contributed by atoms with E-state index in [1.54, 1.807) is 24.3 Å². The maximum atomic E-state index is 3.36. The van der Waals surface area contributed by atoms with E-state index in [-0.39, 0.29) is 0 Å². The quantitative estimate of drug-likeness (QED) is 0.420. The molecule has 92 valence electrons. The van der Waals surface area contributed by atoms with Crippen LogP contribution in [0.1, 0.15) is 48.0 Å². The van der Waals surface area contributed by atoms with Crippen LogP contribution in [0.3, 0.4) is 0 Å². The maximum absolute atomic E-state index is 3.36. The van der Waals surface area contributed by atoms with Gasteiger partial charge in [0.1, 0.15) is 0 Å². The highest BCUT2D eigenvalue weighted by Gasteiger charge is 1.35. The van der Waals surface area contributed by atoms with Crippen molar-refractivity contribution in [2.75, 3.05) is 0 Å². The van der Waals surface area contributed by atoms with Gasteiger partial charge >= 0.3 is 0 Å². The average Bonchev–Trinajstić information content (AvgIpc) is 2.09. The summed E-state index contributed by atoms with van der Waals surface area (Å²) in [5, 5.41) is 0. The lowest BCUT2D eigenvalue weighted by molar-refractivity contribution is 1.09. The Morgan fingerprint density at radius 3 is 0.600 bits per heavy atom. The molecule has 0 amide bonds. The van der Waals surface area contributed by atoms with E-state index in [0.29, 0.717) is 0 Å². The van der Waals surface area contributed by atoms with Crippen LogP contribution in [0.2, 0.25) is 0 Å². The summed E-state index contributed by atoms with van der Waals surface area (Å²) in [6.45, 7) is 25.2. The largest absolute Gasteiger partial charge is 0.103 e. The van der Waals surface area contributed by atoms with Gasteiger partial charge in [0.2, 0.25) is 0 Å². The van der Waals surface area contributed by atoms with Crippen molar-refractivity contribution in [3.8, 4) is 0 Å². The summed E-state index contributed by atoms with van der Waals surface area (Å²) >= 11 is 0. The van der Waals surface area contributed by atoms with E-state index in [1.807, 2.05) is 27.7 Å². The molecule has 0 heteroatoms. The van der Waals surface area contributed by atoms with Crippen molar-refractivity contribution >= 4 is 0 Å². The van der Waals surface area contributed by atoms with Crippen LogP contribution < -0.4 is 0 Å². The Labute approximate surface area is 99.1 Å². The van der Waals surface area contributed by atoms with Gasteiger partial charge in [0, 0.05) is 0 Å². The summed E-state index contributed by atoms with van der Waals surface area (Å²) in [6, 6.07) is 0. The lowest BCUT2D eigenvalue weighted by atomic mass is 10.6. The zero-order valence-corrected chi connectivity index (χ0v) is 11.8. The molecule has 0 bridgehead atoms. The third kappa shape index (κ3) is 1440. The summed E-state index contributed by atoms with van der Waals surface area (Å²) in [5.41, 5.74) is 0. The second kappa shape index (κ2) is 118. The van der Waals surface area contributed by atoms with E-state index in [4.69, 9.17) is 0 Å². The van der Waals surface area contributed by atoms with Gasteiger partial charge in [-0.1, -0.05) is 44.6 Å². The Hall–Kier alpha value is -1.04. The number of allylic oxidation sites excluding steroid dienone is 4. The Kier molecular flexibility index (Phi) is 230. The van der Waals surface area contributed by atoms with Crippen molar-refractivity contribution in [3.63, 3.8) is 0 Å². The molecule has 0 radical (unpaired) electrons. The molecule has 15 heavy (non-hydrogen) atoms. The van der Waals surface area contributed by atoms with Crippen LogP contribution in [0.15, 0.2) is 50.6 Å². The first-order chi connectivity index (χ1) is 7.07. The van der Waals surface area contributed by atoms with Gasteiger partial charge in [-0.05, 0) is 27.7 Å². The third-order valence-corrected chi connectivity index (χ3v) is 0. The fraction of sp³-hybridized carbons (Fsp3) is 0.467. The fourth-order valence-corrected chi connectivity index (χ4v) is 0. The van der Waals surface area contributed by atoms with Crippen LogP contribution in [-0.2, 0) is 0 Å². The molecule has 0 nitrogen and oxygen atoms in total. The maximum Gasteiger partial charge on any atom is -0.0473 e. The molecule has 0 fully saturated rings. The Balaban J connectivity index is -0.0000000278. The van der Waals surface area contributed by atoms with Gasteiger partial charge in [-0.3, -0.25) is 0 Å². The van der Waals surface area contributed by atoms with Crippen LogP contribution in [0.5, 0.6) is 0 Å². The molecule has 0 saturated carbocycles. The molecular formula is C15H32. The third-order valence-electron chi connectivity index (χ3n) is 0. The van der Waals surface area contributed by atoms with E-state index in [9.17, 15) is 0 Å². The molecule has 0 aromatic rings. The van der Waals surface area contributed by atoms with Gasteiger partial charge < -0.3 is 0 Å². The first kappa shape index (κ1) is 29.2. The van der Waals surface area contributed by atoms with Crippen LogP contribution in [-0.4, -0.2) is 0 Å². The van der Waals surface area contributed by atoms with Crippen molar-refractivity contribution < 1.29 is 0 Å². The topological polar surface area (TPSA) is 0 Å². The molecule has 0 spiro atoms. The minimum absolute atomic E-state index is 1.25. The second-order valence-electron chi connectivity index (χ2n) is 2.34. The lowest BCUT2D eigenvalue weighted by Gasteiger charge is -1.48. The van der Waals surface area contributed by atoms with E-state index in [2.05, 4.69) is 40.2 Å². The normalized spacial score (nSPS) is 4.67. The van der Waals surface area contributed by atoms with Crippen molar-refractivity contribution in [2.45, 2.75) is 48.0 Å². The van der Waals surface area contributed by atoms with Gasteiger partial charge in [0.25, 0.3) is 0 Å². The fourth-order valence-electron chi connectivity index (χ4n) is 0. The molecule has 0 saturated heterocycles. The molecule has 0 aliphatic carbocycles. The van der Waals surface area contributed by atoms with Crippen LogP contribution >= 0.6 is 0 Å². The molecular weight excluding hydrogens is 180 g/mol. The highest BCUT2D eigenvalue weighted by Crippen LogP contribution is 1.56. The summed E-state index contributed by atoms with van der Waals surface area (Å²) < 4.78 is 0. The van der Waals surface area contributed by atoms with E-state index in [0.717, 1.165) is 0 Å². The lowest BCUT2D eigenvalue weighted by Crippen LogP contribution is -1.27. The highest BCUT2D eigenvalue weighted by atomic mass is 13.4. The van der Waals surface area contributed by atoms with Crippen LogP contribution in [0.25, 0.3) is 0 Å². The van der Waals surface area contributed by atoms with E-state index >= 15 is 0 Å². The standard InChI is InChI=1S/C3H8.4C3H6/c5*1-3-2/h3H2,1-2H3;4*3H,1H2,2H3.